The van der Waals surface area contributed by atoms with Gasteiger partial charge in [-0.2, -0.15) is 4.31 Å². The molecule has 0 saturated carbocycles. The average Bonchev–Trinajstić information content (AvgIpc) is 2.64. The molecule has 0 aliphatic carbocycles. The Morgan fingerprint density at radius 3 is 2.19 bits per heavy atom. The molecule has 0 amide bonds. The van der Waals surface area contributed by atoms with E-state index in [2.05, 4.69) is 9.62 Å². The van der Waals surface area contributed by atoms with Crippen LogP contribution >= 0.6 is 0 Å². The predicted molar refractivity (Wildman–Crippen MR) is 102 cm³/mol. The van der Waals surface area contributed by atoms with Gasteiger partial charge in [0.1, 0.15) is 0 Å². The highest BCUT2D eigenvalue weighted by Gasteiger charge is 2.29. The van der Waals surface area contributed by atoms with Gasteiger partial charge in [0, 0.05) is 38.8 Å². The summed E-state index contributed by atoms with van der Waals surface area (Å²) in [5.74, 6) is 0.847. The van der Waals surface area contributed by atoms with Crippen molar-refractivity contribution in [3.8, 4) is 11.5 Å². The molecule has 1 fully saturated rings. The van der Waals surface area contributed by atoms with Crippen molar-refractivity contribution in [3.05, 3.63) is 18.2 Å². The molecule has 0 radical (unpaired) electrons. The van der Waals surface area contributed by atoms with Gasteiger partial charge in [-0.15, -0.1) is 0 Å². The quantitative estimate of drug-likeness (QED) is 0.557. The fraction of sp³-hybridized carbons (Fsp3) is 0.625. The van der Waals surface area contributed by atoms with E-state index in [-0.39, 0.29) is 4.90 Å². The molecule has 0 aromatic heterocycles. The molecule has 1 aliphatic rings. The van der Waals surface area contributed by atoms with Crippen LogP contribution in [0.1, 0.15) is 6.42 Å². The second-order valence-corrected chi connectivity index (χ2v) is 10.1. The highest BCUT2D eigenvalue weighted by atomic mass is 32.2. The molecule has 1 N–H and O–H groups in total. The Bertz CT molecular complexity index is 834. The maximum atomic E-state index is 12.9. The van der Waals surface area contributed by atoms with E-state index in [0.717, 1.165) is 6.26 Å². The molecule has 11 heteroatoms. The van der Waals surface area contributed by atoms with E-state index in [1.54, 1.807) is 6.07 Å². The first kappa shape index (κ1) is 21.9. The van der Waals surface area contributed by atoms with Crippen LogP contribution in [0.15, 0.2) is 23.1 Å². The van der Waals surface area contributed by atoms with E-state index < -0.39 is 20.0 Å². The monoisotopic (exact) mass is 421 g/mol. The second-order valence-electron chi connectivity index (χ2n) is 6.28. The zero-order chi connectivity index (χ0) is 20.1. The molecule has 1 aliphatic heterocycles. The highest BCUT2D eigenvalue weighted by Crippen LogP contribution is 2.30. The van der Waals surface area contributed by atoms with Gasteiger partial charge in [-0.25, -0.2) is 21.6 Å². The van der Waals surface area contributed by atoms with Crippen LogP contribution in [0.4, 0.5) is 0 Å². The van der Waals surface area contributed by atoms with Gasteiger partial charge in [0.2, 0.25) is 20.0 Å². The summed E-state index contributed by atoms with van der Waals surface area (Å²) in [5.41, 5.74) is 0. The van der Waals surface area contributed by atoms with Crippen molar-refractivity contribution in [2.24, 2.45) is 0 Å². The standard InChI is InChI=1S/C16H27N3O6S2/c1-24-15-6-5-14(13-16(15)25-2)27(22,23)19-11-9-18(10-12-19)8-4-7-17-26(3,20)21/h5-6,13,17H,4,7-12H2,1-3H3. The van der Waals surface area contributed by atoms with Gasteiger partial charge in [0.15, 0.2) is 11.5 Å². The van der Waals surface area contributed by atoms with Crippen LogP contribution in [-0.2, 0) is 20.0 Å². The minimum absolute atomic E-state index is 0.172. The smallest absolute Gasteiger partial charge is 0.243 e. The Hall–Kier alpha value is -1.40. The van der Waals surface area contributed by atoms with Crippen LogP contribution in [-0.4, -0.2) is 85.8 Å². The van der Waals surface area contributed by atoms with Gasteiger partial charge in [-0.1, -0.05) is 0 Å². The van der Waals surface area contributed by atoms with E-state index in [1.165, 1.54) is 30.7 Å². The summed E-state index contributed by atoms with van der Waals surface area (Å²) in [4.78, 5) is 2.30. The van der Waals surface area contributed by atoms with Gasteiger partial charge in [0.25, 0.3) is 0 Å². The lowest BCUT2D eigenvalue weighted by molar-refractivity contribution is 0.187. The molecule has 0 spiro atoms. The molecule has 2 rings (SSSR count). The van der Waals surface area contributed by atoms with Gasteiger partial charge < -0.3 is 14.4 Å². The van der Waals surface area contributed by atoms with E-state index in [9.17, 15) is 16.8 Å². The maximum absolute atomic E-state index is 12.9. The Morgan fingerprint density at radius 2 is 1.63 bits per heavy atom. The molecule has 1 saturated heterocycles. The van der Waals surface area contributed by atoms with Crippen LogP contribution in [0.25, 0.3) is 0 Å². The Kier molecular flexibility index (Phi) is 7.46. The van der Waals surface area contributed by atoms with Crippen molar-refractivity contribution in [2.75, 3.05) is 59.7 Å². The topological polar surface area (TPSA) is 105 Å². The summed E-state index contributed by atoms with van der Waals surface area (Å²) >= 11 is 0. The first-order valence-corrected chi connectivity index (χ1v) is 11.9. The first-order valence-electron chi connectivity index (χ1n) is 8.56. The lowest BCUT2D eigenvalue weighted by Crippen LogP contribution is -2.49. The number of methoxy groups -OCH3 is 2. The number of benzene rings is 1. The zero-order valence-electron chi connectivity index (χ0n) is 15.8. The molecular formula is C16H27N3O6S2. The molecule has 9 nitrogen and oxygen atoms in total. The fourth-order valence-corrected chi connectivity index (χ4v) is 4.83. The number of piperazine rings is 1. The molecule has 1 aromatic rings. The normalized spacial score (nSPS) is 17.0. The predicted octanol–water partition coefficient (Wildman–Crippen LogP) is -0.0506. The fourth-order valence-electron chi connectivity index (χ4n) is 2.88. The number of ether oxygens (including phenoxy) is 2. The number of nitrogens with zero attached hydrogens (tertiary/aromatic N) is 2. The molecule has 0 unspecified atom stereocenters. The third-order valence-electron chi connectivity index (χ3n) is 4.34. The van der Waals surface area contributed by atoms with E-state index in [4.69, 9.17) is 9.47 Å². The van der Waals surface area contributed by atoms with Gasteiger partial charge in [-0.05, 0) is 25.1 Å². The van der Waals surface area contributed by atoms with Gasteiger partial charge in [0.05, 0.1) is 25.4 Å². The van der Waals surface area contributed by atoms with Crippen LogP contribution < -0.4 is 14.2 Å². The van der Waals surface area contributed by atoms with E-state index in [0.29, 0.717) is 57.2 Å². The van der Waals surface area contributed by atoms with Gasteiger partial charge >= 0.3 is 0 Å². The summed E-state index contributed by atoms with van der Waals surface area (Å²) in [6, 6.07) is 4.56. The minimum atomic E-state index is -3.61. The summed E-state index contributed by atoms with van der Waals surface area (Å²) in [6.45, 7) is 3.07. The minimum Gasteiger partial charge on any atom is -0.493 e. The highest BCUT2D eigenvalue weighted by molar-refractivity contribution is 7.89. The SMILES string of the molecule is COc1ccc(S(=O)(=O)N2CCN(CCCNS(C)(=O)=O)CC2)cc1OC. The zero-order valence-corrected chi connectivity index (χ0v) is 17.5. The molecule has 1 heterocycles. The van der Waals surface area contributed by atoms with Crippen molar-refractivity contribution in [1.82, 2.24) is 13.9 Å². The Balaban J connectivity index is 1.93. The third kappa shape index (κ3) is 6.04. The molecule has 0 bridgehead atoms. The third-order valence-corrected chi connectivity index (χ3v) is 6.96. The number of sulfonamides is 2. The van der Waals surface area contributed by atoms with Crippen molar-refractivity contribution in [2.45, 2.75) is 11.3 Å². The van der Waals surface area contributed by atoms with Crippen molar-refractivity contribution < 1.29 is 26.3 Å². The van der Waals surface area contributed by atoms with Gasteiger partial charge in [-0.3, -0.25) is 0 Å². The largest absolute Gasteiger partial charge is 0.493 e. The van der Waals surface area contributed by atoms with E-state index >= 15 is 0 Å². The summed E-state index contributed by atoms with van der Waals surface area (Å²) in [7, 11) is -3.82. The molecule has 154 valence electrons. The Labute approximate surface area is 161 Å². The molecule has 1 aromatic carbocycles. The van der Waals surface area contributed by atoms with Crippen LogP contribution in [0, 0.1) is 0 Å². The molecular weight excluding hydrogens is 394 g/mol. The molecule has 27 heavy (non-hydrogen) atoms. The molecule has 0 atom stereocenters. The Morgan fingerprint density at radius 1 is 1.00 bits per heavy atom. The summed E-state index contributed by atoms with van der Waals surface area (Å²) in [6.07, 6.45) is 1.81. The first-order chi connectivity index (χ1) is 12.7. The van der Waals surface area contributed by atoms with Crippen molar-refractivity contribution in [3.63, 3.8) is 0 Å². The number of rotatable bonds is 9. The van der Waals surface area contributed by atoms with Crippen LogP contribution in [0.5, 0.6) is 11.5 Å². The second kappa shape index (κ2) is 9.20. The van der Waals surface area contributed by atoms with Crippen molar-refractivity contribution in [1.29, 1.82) is 0 Å². The lowest BCUT2D eigenvalue weighted by Gasteiger charge is -2.34. The average molecular weight is 422 g/mol. The summed E-state index contributed by atoms with van der Waals surface area (Å²) in [5, 5.41) is 0. The van der Waals surface area contributed by atoms with E-state index in [1.807, 2.05) is 0 Å². The number of hydrogen-bond acceptors (Lipinski definition) is 7. The van der Waals surface area contributed by atoms with Crippen LogP contribution in [0.3, 0.4) is 0 Å². The number of hydrogen-bond donors (Lipinski definition) is 1. The van der Waals surface area contributed by atoms with Crippen LogP contribution in [0.2, 0.25) is 0 Å². The lowest BCUT2D eigenvalue weighted by atomic mass is 10.3. The summed E-state index contributed by atoms with van der Waals surface area (Å²) < 4.78 is 62.1. The maximum Gasteiger partial charge on any atom is 0.243 e. The number of nitrogens with one attached hydrogen (secondary N) is 1. The van der Waals surface area contributed by atoms with Crippen molar-refractivity contribution >= 4 is 20.0 Å².